The highest BCUT2D eigenvalue weighted by Gasteiger charge is 2.15. The number of halogens is 1. The highest BCUT2D eigenvalue weighted by molar-refractivity contribution is 7.15. The van der Waals surface area contributed by atoms with Gasteiger partial charge in [0.25, 0.3) is 11.5 Å². The Morgan fingerprint density at radius 3 is 3.00 bits per heavy atom. The quantitative estimate of drug-likeness (QED) is 0.790. The zero-order chi connectivity index (χ0) is 15.0. The lowest BCUT2D eigenvalue weighted by atomic mass is 10.2. The monoisotopic (exact) mass is 319 g/mol. The number of carbonyl (C=O) groups excluding carboxylic acids is 1. The van der Waals surface area contributed by atoms with E-state index in [1.807, 2.05) is 13.0 Å². The fourth-order valence-electron chi connectivity index (χ4n) is 1.89. The van der Waals surface area contributed by atoms with E-state index in [1.54, 1.807) is 23.7 Å². The van der Waals surface area contributed by atoms with Crippen molar-refractivity contribution >= 4 is 39.5 Å². The molecule has 2 heterocycles. The van der Waals surface area contributed by atoms with E-state index in [2.05, 4.69) is 10.3 Å². The lowest BCUT2D eigenvalue weighted by Gasteiger charge is -2.07. The second-order valence-electron chi connectivity index (χ2n) is 4.47. The lowest BCUT2D eigenvalue weighted by Crippen LogP contribution is -2.25. The molecule has 1 amide bonds. The van der Waals surface area contributed by atoms with Gasteiger partial charge in [-0.2, -0.15) is 0 Å². The van der Waals surface area contributed by atoms with Crippen molar-refractivity contribution in [1.82, 2.24) is 9.38 Å². The van der Waals surface area contributed by atoms with Gasteiger partial charge in [-0.3, -0.25) is 14.0 Å². The van der Waals surface area contributed by atoms with Crippen molar-refractivity contribution in [3.05, 3.63) is 62.5 Å². The molecule has 0 aliphatic heterocycles. The van der Waals surface area contributed by atoms with Crippen LogP contribution >= 0.6 is 22.9 Å². The molecule has 21 heavy (non-hydrogen) atoms. The first-order valence-electron chi connectivity index (χ1n) is 6.08. The molecule has 0 saturated carbocycles. The Balaban J connectivity index is 1.97. The number of benzene rings is 1. The van der Waals surface area contributed by atoms with Crippen LogP contribution in [0.15, 0.2) is 40.8 Å². The zero-order valence-corrected chi connectivity index (χ0v) is 12.5. The third kappa shape index (κ3) is 2.55. The minimum atomic E-state index is -0.529. The summed E-state index contributed by atoms with van der Waals surface area (Å²) in [6, 6.07) is 5.27. The van der Waals surface area contributed by atoms with Crippen molar-refractivity contribution in [2.24, 2.45) is 0 Å². The number of nitrogens with one attached hydrogen (secondary N) is 1. The number of rotatable bonds is 2. The average molecular weight is 320 g/mol. The molecule has 1 N–H and O–H groups in total. The van der Waals surface area contributed by atoms with E-state index in [0.717, 1.165) is 5.56 Å². The van der Waals surface area contributed by atoms with Crippen LogP contribution in [0.25, 0.3) is 4.96 Å². The van der Waals surface area contributed by atoms with Crippen LogP contribution in [0.5, 0.6) is 0 Å². The standard InChI is InChI=1S/C14H10ClN3O2S/c1-8-2-3-11(10(15)6-8)17-12(19)9-7-16-14-18(13(9)20)4-5-21-14/h2-7H,1H3,(H,17,19). The van der Waals surface area contributed by atoms with Gasteiger partial charge in [-0.25, -0.2) is 4.98 Å². The van der Waals surface area contributed by atoms with Crippen molar-refractivity contribution in [2.75, 3.05) is 5.32 Å². The Morgan fingerprint density at radius 1 is 1.43 bits per heavy atom. The highest BCUT2D eigenvalue weighted by Crippen LogP contribution is 2.23. The van der Waals surface area contributed by atoms with E-state index in [4.69, 9.17) is 11.6 Å². The molecule has 1 aromatic carbocycles. The van der Waals surface area contributed by atoms with E-state index < -0.39 is 11.5 Å². The Kier molecular flexibility index (Phi) is 3.48. The highest BCUT2D eigenvalue weighted by atomic mass is 35.5. The number of thiazole rings is 1. The molecule has 0 saturated heterocycles. The summed E-state index contributed by atoms with van der Waals surface area (Å²) < 4.78 is 1.34. The number of hydrogen-bond acceptors (Lipinski definition) is 4. The van der Waals surface area contributed by atoms with Gasteiger partial charge >= 0.3 is 0 Å². The van der Waals surface area contributed by atoms with Crippen molar-refractivity contribution in [1.29, 1.82) is 0 Å². The van der Waals surface area contributed by atoms with E-state index in [-0.39, 0.29) is 5.56 Å². The van der Waals surface area contributed by atoms with E-state index in [0.29, 0.717) is 15.7 Å². The Labute approximate surface area is 128 Å². The molecule has 0 unspecified atom stereocenters. The van der Waals surface area contributed by atoms with Crippen LogP contribution in [-0.4, -0.2) is 15.3 Å². The van der Waals surface area contributed by atoms with Gasteiger partial charge in [-0.15, -0.1) is 11.3 Å². The van der Waals surface area contributed by atoms with Crippen LogP contribution in [0.4, 0.5) is 5.69 Å². The molecular formula is C14H10ClN3O2S. The second-order valence-corrected chi connectivity index (χ2v) is 5.75. The van der Waals surface area contributed by atoms with Gasteiger partial charge in [-0.05, 0) is 24.6 Å². The number of carbonyl (C=O) groups is 1. The van der Waals surface area contributed by atoms with Crippen LogP contribution < -0.4 is 10.9 Å². The summed E-state index contributed by atoms with van der Waals surface area (Å²) in [6.07, 6.45) is 2.87. The summed E-state index contributed by atoms with van der Waals surface area (Å²) in [5.41, 5.74) is 1.02. The van der Waals surface area contributed by atoms with Gasteiger partial charge in [0.1, 0.15) is 5.56 Å². The summed E-state index contributed by atoms with van der Waals surface area (Å²) in [5.74, 6) is -0.529. The Bertz CT molecular complexity index is 901. The molecule has 0 aliphatic rings. The number of hydrogen-bond donors (Lipinski definition) is 1. The normalized spacial score (nSPS) is 10.8. The summed E-state index contributed by atoms with van der Waals surface area (Å²) in [4.78, 5) is 29.0. The molecule has 0 bridgehead atoms. The van der Waals surface area contributed by atoms with Gasteiger partial charge in [-0.1, -0.05) is 17.7 Å². The van der Waals surface area contributed by atoms with Crippen molar-refractivity contribution in [3.8, 4) is 0 Å². The fourth-order valence-corrected chi connectivity index (χ4v) is 2.85. The van der Waals surface area contributed by atoms with Gasteiger partial charge in [0.2, 0.25) is 0 Å². The molecule has 0 radical (unpaired) electrons. The van der Waals surface area contributed by atoms with Crippen LogP contribution in [0, 0.1) is 6.92 Å². The van der Waals surface area contributed by atoms with Gasteiger partial charge in [0.15, 0.2) is 4.96 Å². The fraction of sp³-hybridized carbons (Fsp3) is 0.0714. The molecule has 106 valence electrons. The second kappa shape index (κ2) is 5.31. The summed E-state index contributed by atoms with van der Waals surface area (Å²) in [5, 5.41) is 4.79. The molecule has 0 fully saturated rings. The summed E-state index contributed by atoms with van der Waals surface area (Å²) in [6.45, 7) is 1.90. The van der Waals surface area contributed by atoms with Gasteiger partial charge in [0, 0.05) is 17.8 Å². The third-order valence-corrected chi connectivity index (χ3v) is 4.04. The molecule has 0 spiro atoms. The third-order valence-electron chi connectivity index (χ3n) is 2.96. The van der Waals surface area contributed by atoms with Crippen molar-refractivity contribution in [3.63, 3.8) is 0 Å². The van der Waals surface area contributed by atoms with E-state index >= 15 is 0 Å². The first-order chi connectivity index (χ1) is 10.1. The van der Waals surface area contributed by atoms with Gasteiger partial charge < -0.3 is 5.32 Å². The van der Waals surface area contributed by atoms with Crippen LogP contribution in [0.2, 0.25) is 5.02 Å². The topological polar surface area (TPSA) is 63.5 Å². The number of anilines is 1. The molecule has 0 atom stereocenters. The number of fused-ring (bicyclic) bond motifs is 1. The maximum atomic E-state index is 12.2. The van der Waals surface area contributed by atoms with Crippen LogP contribution in [0.3, 0.4) is 0 Å². The van der Waals surface area contributed by atoms with Crippen LogP contribution in [0.1, 0.15) is 15.9 Å². The first-order valence-corrected chi connectivity index (χ1v) is 7.34. The Hall–Kier alpha value is -2.18. The molecular weight excluding hydrogens is 310 g/mol. The lowest BCUT2D eigenvalue weighted by molar-refractivity contribution is 0.102. The molecule has 3 rings (SSSR count). The predicted molar refractivity (Wildman–Crippen MR) is 83.5 cm³/mol. The minimum Gasteiger partial charge on any atom is -0.320 e. The minimum absolute atomic E-state index is 0.0254. The smallest absolute Gasteiger partial charge is 0.271 e. The molecule has 3 aromatic rings. The SMILES string of the molecule is Cc1ccc(NC(=O)c2cnc3sccn3c2=O)c(Cl)c1. The Morgan fingerprint density at radius 2 is 2.24 bits per heavy atom. The number of aromatic nitrogens is 2. The maximum Gasteiger partial charge on any atom is 0.271 e. The number of nitrogens with zero attached hydrogens (tertiary/aromatic N) is 2. The van der Waals surface area contributed by atoms with Crippen molar-refractivity contribution < 1.29 is 4.79 Å². The van der Waals surface area contributed by atoms with E-state index in [1.165, 1.54) is 21.9 Å². The molecule has 7 heteroatoms. The van der Waals surface area contributed by atoms with Crippen molar-refractivity contribution in [2.45, 2.75) is 6.92 Å². The molecule has 0 aliphatic carbocycles. The average Bonchev–Trinajstić information content (AvgIpc) is 2.91. The first kappa shape index (κ1) is 13.8. The van der Waals surface area contributed by atoms with Gasteiger partial charge in [0.05, 0.1) is 10.7 Å². The largest absolute Gasteiger partial charge is 0.320 e. The summed E-state index contributed by atoms with van der Waals surface area (Å²) in [7, 11) is 0. The predicted octanol–water partition coefficient (Wildman–Crippen LogP) is 2.97. The summed E-state index contributed by atoms with van der Waals surface area (Å²) >= 11 is 7.40. The van der Waals surface area contributed by atoms with E-state index in [9.17, 15) is 9.59 Å². The molecule has 5 nitrogen and oxygen atoms in total. The van der Waals surface area contributed by atoms with Crippen LogP contribution in [-0.2, 0) is 0 Å². The zero-order valence-electron chi connectivity index (χ0n) is 11.0. The maximum absolute atomic E-state index is 12.2. The number of aryl methyl sites for hydroxylation is 1. The number of amides is 1. The molecule has 2 aromatic heterocycles.